The third-order valence-electron chi connectivity index (χ3n) is 4.25. The maximum Gasteiger partial charge on any atom is 0.240 e. The van der Waals surface area contributed by atoms with E-state index in [-0.39, 0.29) is 4.90 Å². The SMILES string of the molecule is COc1ccc(S(=O)(=O)NCCC2CCCCCC2)cc1Br. The molecule has 124 valence electrons. The molecule has 6 heteroatoms. The minimum absolute atomic E-state index is 0.265. The van der Waals surface area contributed by atoms with E-state index in [1.807, 2.05) is 0 Å². The van der Waals surface area contributed by atoms with Crippen LogP contribution in [0.25, 0.3) is 0 Å². The van der Waals surface area contributed by atoms with E-state index >= 15 is 0 Å². The summed E-state index contributed by atoms with van der Waals surface area (Å²) in [4.78, 5) is 0.265. The third-order valence-corrected chi connectivity index (χ3v) is 6.33. The lowest BCUT2D eigenvalue weighted by Gasteiger charge is -2.14. The number of rotatable bonds is 6. The van der Waals surface area contributed by atoms with E-state index in [9.17, 15) is 8.42 Å². The predicted octanol–water partition coefficient (Wildman–Crippen LogP) is 4.10. The second kappa shape index (κ2) is 8.31. The number of hydrogen-bond donors (Lipinski definition) is 1. The summed E-state index contributed by atoms with van der Waals surface area (Å²) in [7, 11) is -1.90. The first-order valence-corrected chi connectivity index (χ1v) is 10.1. The van der Waals surface area contributed by atoms with E-state index in [0.29, 0.717) is 22.7 Å². The Balaban J connectivity index is 1.91. The van der Waals surface area contributed by atoms with Gasteiger partial charge in [-0.15, -0.1) is 0 Å². The van der Waals surface area contributed by atoms with Crippen molar-refractivity contribution in [2.75, 3.05) is 13.7 Å². The molecule has 1 N–H and O–H groups in total. The van der Waals surface area contributed by atoms with Crippen molar-refractivity contribution in [1.29, 1.82) is 0 Å². The van der Waals surface area contributed by atoms with Crippen LogP contribution in [0.2, 0.25) is 0 Å². The van der Waals surface area contributed by atoms with Gasteiger partial charge in [0.1, 0.15) is 5.75 Å². The molecule has 1 aliphatic rings. The Kier molecular flexibility index (Phi) is 6.71. The second-order valence-electron chi connectivity index (χ2n) is 5.84. The van der Waals surface area contributed by atoms with Gasteiger partial charge in [0.2, 0.25) is 10.0 Å². The lowest BCUT2D eigenvalue weighted by molar-refractivity contribution is 0.411. The topological polar surface area (TPSA) is 55.4 Å². The van der Waals surface area contributed by atoms with E-state index in [0.717, 1.165) is 6.42 Å². The van der Waals surface area contributed by atoms with Gasteiger partial charge in [0, 0.05) is 6.54 Å². The fourth-order valence-electron chi connectivity index (χ4n) is 2.95. The number of methoxy groups -OCH3 is 1. The van der Waals surface area contributed by atoms with Gasteiger partial charge in [-0.1, -0.05) is 38.5 Å². The first-order valence-electron chi connectivity index (χ1n) is 7.86. The van der Waals surface area contributed by atoms with Crippen LogP contribution in [0.4, 0.5) is 0 Å². The Morgan fingerprint density at radius 2 is 1.91 bits per heavy atom. The summed E-state index contributed by atoms with van der Waals surface area (Å²) in [5.41, 5.74) is 0. The van der Waals surface area contributed by atoms with Crippen LogP contribution in [0, 0.1) is 5.92 Å². The number of ether oxygens (including phenoxy) is 1. The number of nitrogens with one attached hydrogen (secondary N) is 1. The molecule has 22 heavy (non-hydrogen) atoms. The maximum absolute atomic E-state index is 12.3. The van der Waals surface area contributed by atoms with Gasteiger partial charge in [-0.3, -0.25) is 0 Å². The molecule has 0 spiro atoms. The molecule has 0 bridgehead atoms. The summed E-state index contributed by atoms with van der Waals surface area (Å²) < 4.78 is 33.1. The summed E-state index contributed by atoms with van der Waals surface area (Å²) in [5, 5.41) is 0. The summed E-state index contributed by atoms with van der Waals surface area (Å²) in [6.45, 7) is 0.511. The largest absolute Gasteiger partial charge is 0.496 e. The zero-order chi connectivity index (χ0) is 16.0. The molecule has 0 atom stereocenters. The van der Waals surface area contributed by atoms with Gasteiger partial charge in [0.15, 0.2) is 0 Å². The lowest BCUT2D eigenvalue weighted by Crippen LogP contribution is -2.26. The molecule has 0 aliphatic heterocycles. The smallest absolute Gasteiger partial charge is 0.240 e. The van der Waals surface area contributed by atoms with Gasteiger partial charge in [0.05, 0.1) is 16.5 Å². The monoisotopic (exact) mass is 389 g/mol. The van der Waals surface area contributed by atoms with Crippen molar-refractivity contribution in [3.63, 3.8) is 0 Å². The van der Waals surface area contributed by atoms with E-state index in [4.69, 9.17) is 4.74 Å². The Labute approximate surface area is 141 Å². The van der Waals surface area contributed by atoms with Crippen molar-refractivity contribution in [3.05, 3.63) is 22.7 Å². The van der Waals surface area contributed by atoms with Gasteiger partial charge < -0.3 is 4.74 Å². The molecule has 0 amide bonds. The summed E-state index contributed by atoms with van der Waals surface area (Å²) >= 11 is 3.32. The molecule has 0 aromatic heterocycles. The van der Waals surface area contributed by atoms with Crippen LogP contribution in [-0.4, -0.2) is 22.1 Å². The molecular weight excluding hydrogens is 366 g/mol. The quantitative estimate of drug-likeness (QED) is 0.745. The molecular formula is C16H24BrNO3S. The minimum Gasteiger partial charge on any atom is -0.496 e. The molecule has 0 heterocycles. The van der Waals surface area contributed by atoms with Gasteiger partial charge in [0.25, 0.3) is 0 Å². The molecule has 1 aromatic rings. The lowest BCUT2D eigenvalue weighted by atomic mass is 9.97. The number of halogens is 1. The van der Waals surface area contributed by atoms with Crippen LogP contribution in [-0.2, 0) is 10.0 Å². The maximum atomic E-state index is 12.3. The van der Waals surface area contributed by atoms with Crippen molar-refractivity contribution < 1.29 is 13.2 Å². The van der Waals surface area contributed by atoms with E-state index in [2.05, 4.69) is 20.7 Å². The molecule has 1 fully saturated rings. The molecule has 0 saturated heterocycles. The number of sulfonamides is 1. The molecule has 0 radical (unpaired) electrons. The van der Waals surface area contributed by atoms with Gasteiger partial charge in [-0.05, 0) is 46.5 Å². The Morgan fingerprint density at radius 1 is 1.23 bits per heavy atom. The molecule has 1 aliphatic carbocycles. The van der Waals surface area contributed by atoms with Gasteiger partial charge in [-0.25, -0.2) is 13.1 Å². The minimum atomic E-state index is -3.45. The average molecular weight is 390 g/mol. The fraction of sp³-hybridized carbons (Fsp3) is 0.625. The Morgan fingerprint density at radius 3 is 2.50 bits per heavy atom. The number of benzene rings is 1. The second-order valence-corrected chi connectivity index (χ2v) is 8.46. The number of hydrogen-bond acceptors (Lipinski definition) is 3. The van der Waals surface area contributed by atoms with Gasteiger partial charge >= 0.3 is 0 Å². The van der Waals surface area contributed by atoms with Crippen LogP contribution in [0.1, 0.15) is 44.9 Å². The highest BCUT2D eigenvalue weighted by Crippen LogP contribution is 2.28. The van der Waals surface area contributed by atoms with Crippen LogP contribution < -0.4 is 9.46 Å². The Hall–Kier alpha value is -0.590. The molecule has 1 saturated carbocycles. The summed E-state index contributed by atoms with van der Waals surface area (Å²) in [5.74, 6) is 1.28. The highest BCUT2D eigenvalue weighted by atomic mass is 79.9. The Bertz CT molecular complexity index is 581. The fourth-order valence-corrected chi connectivity index (χ4v) is 4.71. The first-order chi connectivity index (χ1) is 10.5. The first kappa shape index (κ1) is 17.8. The van der Waals surface area contributed by atoms with Crippen LogP contribution in [0.15, 0.2) is 27.6 Å². The molecule has 4 nitrogen and oxygen atoms in total. The van der Waals surface area contributed by atoms with Crippen molar-refractivity contribution in [3.8, 4) is 5.75 Å². The van der Waals surface area contributed by atoms with Crippen molar-refractivity contribution in [1.82, 2.24) is 4.72 Å². The predicted molar refractivity (Wildman–Crippen MR) is 91.7 cm³/mol. The molecule has 0 unspecified atom stereocenters. The van der Waals surface area contributed by atoms with Crippen molar-refractivity contribution in [2.24, 2.45) is 5.92 Å². The van der Waals surface area contributed by atoms with Crippen molar-refractivity contribution in [2.45, 2.75) is 49.8 Å². The summed E-state index contributed by atoms with van der Waals surface area (Å²) in [6.07, 6.45) is 8.60. The summed E-state index contributed by atoms with van der Waals surface area (Å²) in [6, 6.07) is 4.80. The van der Waals surface area contributed by atoms with Gasteiger partial charge in [-0.2, -0.15) is 0 Å². The molecule has 1 aromatic carbocycles. The highest BCUT2D eigenvalue weighted by Gasteiger charge is 2.17. The molecule has 2 rings (SSSR count). The van der Waals surface area contributed by atoms with E-state index in [1.165, 1.54) is 38.5 Å². The zero-order valence-corrected chi connectivity index (χ0v) is 15.4. The van der Waals surface area contributed by atoms with Crippen molar-refractivity contribution >= 4 is 26.0 Å². The standard InChI is InChI=1S/C16H24BrNO3S/c1-21-16-9-8-14(12-15(16)17)22(19,20)18-11-10-13-6-4-2-3-5-7-13/h8-9,12-13,18H,2-7,10-11H2,1H3. The van der Waals surface area contributed by atoms with Crippen LogP contribution in [0.5, 0.6) is 5.75 Å². The van der Waals surface area contributed by atoms with E-state index < -0.39 is 10.0 Å². The highest BCUT2D eigenvalue weighted by molar-refractivity contribution is 9.10. The normalized spacial score (nSPS) is 17.2. The average Bonchev–Trinajstić information content (AvgIpc) is 2.76. The zero-order valence-electron chi connectivity index (χ0n) is 13.0. The van der Waals surface area contributed by atoms with E-state index in [1.54, 1.807) is 25.3 Å². The van der Waals surface area contributed by atoms with Crippen LogP contribution in [0.3, 0.4) is 0 Å². The third kappa shape index (κ3) is 4.96. The van der Waals surface area contributed by atoms with Crippen LogP contribution >= 0.6 is 15.9 Å².